The molecule has 0 unspecified atom stereocenters. The topological polar surface area (TPSA) is 73.2 Å². The first kappa shape index (κ1) is 16.7. The highest BCUT2D eigenvalue weighted by Crippen LogP contribution is 2.13. The number of ether oxygens (including phenoxy) is 1. The first-order valence-electron chi connectivity index (χ1n) is 8.10. The second-order valence-electron chi connectivity index (χ2n) is 5.52. The minimum Gasteiger partial charge on any atom is -0.494 e. The molecule has 2 aromatic carbocycles. The fourth-order valence-corrected chi connectivity index (χ4v) is 2.59. The van der Waals surface area contributed by atoms with E-state index in [9.17, 15) is 9.59 Å². The molecule has 0 saturated heterocycles. The van der Waals surface area contributed by atoms with Gasteiger partial charge in [-0.3, -0.25) is 9.59 Å². The molecule has 0 atom stereocenters. The van der Waals surface area contributed by atoms with Crippen molar-refractivity contribution in [2.75, 3.05) is 13.7 Å². The van der Waals surface area contributed by atoms with Crippen molar-refractivity contribution in [2.45, 2.75) is 13.0 Å². The number of aryl methyl sites for hydroxylation is 1. The molecular formula is C19H19N3O3. The normalized spacial score (nSPS) is 10.6. The number of benzene rings is 2. The highest BCUT2D eigenvalue weighted by molar-refractivity contribution is 6.04. The van der Waals surface area contributed by atoms with E-state index < -0.39 is 0 Å². The van der Waals surface area contributed by atoms with Crippen molar-refractivity contribution in [3.63, 3.8) is 0 Å². The Morgan fingerprint density at radius 2 is 1.76 bits per heavy atom. The van der Waals surface area contributed by atoms with Gasteiger partial charge in [0.2, 0.25) is 0 Å². The first-order valence-corrected chi connectivity index (χ1v) is 8.10. The smallest absolute Gasteiger partial charge is 0.274 e. The first-order chi connectivity index (χ1) is 12.2. The predicted octanol–water partition coefficient (Wildman–Crippen LogP) is 2.23. The van der Waals surface area contributed by atoms with E-state index in [0.717, 1.165) is 5.75 Å². The quantitative estimate of drug-likeness (QED) is 0.700. The molecule has 6 nitrogen and oxygen atoms in total. The van der Waals surface area contributed by atoms with Crippen molar-refractivity contribution in [2.24, 2.45) is 0 Å². The molecule has 1 heterocycles. The number of amides is 1. The van der Waals surface area contributed by atoms with E-state index in [2.05, 4.69) is 10.4 Å². The van der Waals surface area contributed by atoms with Gasteiger partial charge in [-0.1, -0.05) is 36.4 Å². The highest BCUT2D eigenvalue weighted by Gasteiger charge is 2.15. The summed E-state index contributed by atoms with van der Waals surface area (Å²) in [6, 6.07) is 16.5. The Morgan fingerprint density at radius 1 is 1.08 bits per heavy atom. The number of nitrogens with zero attached hydrogens (tertiary/aromatic N) is 2. The standard InChI is InChI=1S/C19H19N3O3/c1-20-18(23)17-15-10-5-6-11-16(15)19(24)22(21-17)12-7-13-25-14-8-3-2-4-9-14/h2-6,8-11H,7,12-13H2,1H3,(H,20,23). The van der Waals surface area contributed by atoms with Crippen molar-refractivity contribution >= 4 is 16.7 Å². The number of carbonyl (C=O) groups excluding carboxylic acids is 1. The summed E-state index contributed by atoms with van der Waals surface area (Å²) in [5.74, 6) is 0.470. The van der Waals surface area contributed by atoms with Gasteiger partial charge < -0.3 is 10.1 Å². The number of nitrogens with one attached hydrogen (secondary N) is 1. The lowest BCUT2D eigenvalue weighted by Gasteiger charge is -2.11. The van der Waals surface area contributed by atoms with E-state index in [4.69, 9.17) is 4.74 Å². The number of carbonyl (C=O) groups is 1. The molecule has 0 aliphatic carbocycles. The summed E-state index contributed by atoms with van der Waals surface area (Å²) >= 11 is 0. The Morgan fingerprint density at radius 3 is 2.48 bits per heavy atom. The lowest BCUT2D eigenvalue weighted by Crippen LogP contribution is -2.29. The van der Waals surface area contributed by atoms with Crippen LogP contribution < -0.4 is 15.6 Å². The van der Waals surface area contributed by atoms with Crippen molar-refractivity contribution in [3.8, 4) is 5.75 Å². The molecule has 1 amide bonds. The summed E-state index contributed by atoms with van der Waals surface area (Å²) in [6.45, 7) is 0.834. The summed E-state index contributed by atoms with van der Waals surface area (Å²) < 4.78 is 6.97. The molecule has 0 saturated carbocycles. The van der Waals surface area contributed by atoms with Crippen LogP contribution in [0.5, 0.6) is 5.75 Å². The van der Waals surface area contributed by atoms with Gasteiger partial charge in [-0.05, 0) is 18.2 Å². The van der Waals surface area contributed by atoms with E-state index in [0.29, 0.717) is 30.3 Å². The third-order valence-electron chi connectivity index (χ3n) is 3.84. The largest absolute Gasteiger partial charge is 0.494 e. The van der Waals surface area contributed by atoms with Crippen LogP contribution in [0.15, 0.2) is 59.4 Å². The Kier molecular flexibility index (Phi) is 5.09. The van der Waals surface area contributed by atoms with E-state index in [1.807, 2.05) is 30.3 Å². The van der Waals surface area contributed by atoms with Gasteiger partial charge >= 0.3 is 0 Å². The van der Waals surface area contributed by atoms with Crippen LogP contribution in [-0.4, -0.2) is 29.3 Å². The molecule has 3 rings (SSSR count). The SMILES string of the molecule is CNC(=O)c1nn(CCCOc2ccccc2)c(=O)c2ccccc12. The maximum Gasteiger partial charge on any atom is 0.274 e. The molecule has 0 aliphatic rings. The van der Waals surface area contributed by atoms with Gasteiger partial charge in [0.15, 0.2) is 5.69 Å². The van der Waals surface area contributed by atoms with E-state index >= 15 is 0 Å². The van der Waals surface area contributed by atoms with Gasteiger partial charge in [0.05, 0.1) is 12.0 Å². The molecule has 25 heavy (non-hydrogen) atoms. The van der Waals surface area contributed by atoms with Gasteiger partial charge in [-0.15, -0.1) is 0 Å². The number of aromatic nitrogens is 2. The van der Waals surface area contributed by atoms with Crippen molar-refractivity contribution in [3.05, 3.63) is 70.6 Å². The van der Waals surface area contributed by atoms with Crippen molar-refractivity contribution in [1.82, 2.24) is 15.1 Å². The molecule has 0 fully saturated rings. The van der Waals surface area contributed by atoms with Crippen LogP contribution >= 0.6 is 0 Å². The number of hydrogen-bond donors (Lipinski definition) is 1. The molecule has 0 bridgehead atoms. The van der Waals surface area contributed by atoms with Crippen LogP contribution in [0.25, 0.3) is 10.8 Å². The third-order valence-corrected chi connectivity index (χ3v) is 3.84. The monoisotopic (exact) mass is 337 g/mol. The Balaban J connectivity index is 1.80. The highest BCUT2D eigenvalue weighted by atomic mass is 16.5. The van der Waals surface area contributed by atoms with Crippen LogP contribution in [0.2, 0.25) is 0 Å². The zero-order chi connectivity index (χ0) is 17.6. The van der Waals surface area contributed by atoms with Crippen LogP contribution in [0.1, 0.15) is 16.9 Å². The van der Waals surface area contributed by atoms with Gasteiger partial charge in [0.1, 0.15) is 5.75 Å². The fraction of sp³-hybridized carbons (Fsp3) is 0.211. The molecule has 1 aromatic heterocycles. The van der Waals surface area contributed by atoms with Crippen LogP contribution in [0, 0.1) is 0 Å². The summed E-state index contributed by atoms with van der Waals surface area (Å²) in [6.07, 6.45) is 0.604. The fourth-order valence-electron chi connectivity index (χ4n) is 2.59. The number of rotatable bonds is 6. The number of para-hydroxylation sites is 1. The van der Waals surface area contributed by atoms with Crippen LogP contribution in [0.3, 0.4) is 0 Å². The van der Waals surface area contributed by atoms with Gasteiger partial charge in [0.25, 0.3) is 11.5 Å². The summed E-state index contributed by atoms with van der Waals surface area (Å²) in [5, 5.41) is 7.86. The Bertz CT molecular complexity index is 936. The molecular weight excluding hydrogens is 318 g/mol. The second-order valence-corrected chi connectivity index (χ2v) is 5.52. The Hall–Kier alpha value is -3.15. The second kappa shape index (κ2) is 7.61. The summed E-state index contributed by atoms with van der Waals surface area (Å²) in [4.78, 5) is 24.7. The maximum absolute atomic E-state index is 12.6. The average Bonchev–Trinajstić information content (AvgIpc) is 2.67. The predicted molar refractivity (Wildman–Crippen MR) is 95.9 cm³/mol. The molecule has 0 radical (unpaired) electrons. The van der Waals surface area contributed by atoms with E-state index in [-0.39, 0.29) is 17.2 Å². The zero-order valence-corrected chi connectivity index (χ0v) is 13.9. The van der Waals surface area contributed by atoms with Gasteiger partial charge in [-0.25, -0.2) is 4.68 Å². The lowest BCUT2D eigenvalue weighted by molar-refractivity contribution is 0.0957. The molecule has 1 N–H and O–H groups in total. The number of fused-ring (bicyclic) bond motifs is 1. The third kappa shape index (κ3) is 3.68. The minimum atomic E-state index is -0.314. The maximum atomic E-state index is 12.6. The minimum absolute atomic E-state index is 0.206. The van der Waals surface area contributed by atoms with Crippen LogP contribution in [0.4, 0.5) is 0 Å². The molecule has 0 spiro atoms. The van der Waals surface area contributed by atoms with Crippen molar-refractivity contribution < 1.29 is 9.53 Å². The summed E-state index contributed by atoms with van der Waals surface area (Å²) in [5.41, 5.74) is 0.0460. The Labute approximate surface area is 145 Å². The molecule has 6 heteroatoms. The van der Waals surface area contributed by atoms with Gasteiger partial charge in [-0.2, -0.15) is 5.10 Å². The summed E-state index contributed by atoms with van der Waals surface area (Å²) in [7, 11) is 1.54. The van der Waals surface area contributed by atoms with E-state index in [1.165, 1.54) is 4.68 Å². The molecule has 128 valence electrons. The van der Waals surface area contributed by atoms with Gasteiger partial charge in [0, 0.05) is 25.4 Å². The lowest BCUT2D eigenvalue weighted by atomic mass is 10.1. The number of hydrogen-bond acceptors (Lipinski definition) is 4. The van der Waals surface area contributed by atoms with E-state index in [1.54, 1.807) is 31.3 Å². The van der Waals surface area contributed by atoms with Crippen LogP contribution in [-0.2, 0) is 6.54 Å². The average molecular weight is 337 g/mol. The zero-order valence-electron chi connectivity index (χ0n) is 13.9. The molecule has 3 aromatic rings. The molecule has 0 aliphatic heterocycles. The van der Waals surface area contributed by atoms with Crippen molar-refractivity contribution in [1.29, 1.82) is 0 Å².